The number of benzene rings is 1. The second-order valence-electron chi connectivity index (χ2n) is 5.55. The van der Waals surface area contributed by atoms with E-state index in [-0.39, 0.29) is 11.7 Å². The Morgan fingerprint density at radius 1 is 1.20 bits per heavy atom. The number of hydrogen-bond donors (Lipinski definition) is 1. The van der Waals surface area contributed by atoms with E-state index in [4.69, 9.17) is 4.74 Å². The van der Waals surface area contributed by atoms with Gasteiger partial charge in [0.25, 0.3) is 5.91 Å². The Bertz CT molecular complexity index is 908. The van der Waals surface area contributed by atoms with Crippen molar-refractivity contribution in [2.45, 2.75) is 20.4 Å². The first-order valence-electron chi connectivity index (χ1n) is 7.76. The van der Waals surface area contributed by atoms with Gasteiger partial charge in [-0.3, -0.25) is 9.78 Å². The highest BCUT2D eigenvalue weighted by Crippen LogP contribution is 2.29. The average Bonchev–Trinajstić information content (AvgIpc) is 3.00. The van der Waals surface area contributed by atoms with Crippen molar-refractivity contribution >= 4 is 17.2 Å². The third-order valence-electron chi connectivity index (χ3n) is 3.54. The normalized spacial score (nSPS) is 10.5. The van der Waals surface area contributed by atoms with E-state index in [2.05, 4.69) is 10.3 Å². The number of amides is 1. The van der Waals surface area contributed by atoms with Gasteiger partial charge >= 0.3 is 0 Å². The summed E-state index contributed by atoms with van der Waals surface area (Å²) in [6, 6.07) is 13.3. The van der Waals surface area contributed by atoms with E-state index in [1.807, 2.05) is 26.0 Å². The van der Waals surface area contributed by atoms with Crippen LogP contribution in [-0.4, -0.2) is 10.9 Å². The standard InChI is InChI=1S/C19H17FN2O2S/c1-12-6-8-17(13(2)22-12)19(23)21-11-16-7-9-18(25-16)24-15-5-3-4-14(20)10-15/h3-10H,11H2,1-2H3,(H,21,23). The van der Waals surface area contributed by atoms with Crippen LogP contribution in [0.5, 0.6) is 10.8 Å². The lowest BCUT2D eigenvalue weighted by Gasteiger charge is -2.07. The number of ether oxygens (including phenoxy) is 1. The minimum absolute atomic E-state index is 0.161. The number of rotatable bonds is 5. The maximum Gasteiger partial charge on any atom is 0.253 e. The van der Waals surface area contributed by atoms with Crippen LogP contribution in [-0.2, 0) is 6.54 Å². The predicted molar refractivity (Wildman–Crippen MR) is 95.7 cm³/mol. The predicted octanol–water partition coefficient (Wildman–Crippen LogP) is 4.62. The van der Waals surface area contributed by atoms with Crippen molar-refractivity contribution in [2.75, 3.05) is 0 Å². The summed E-state index contributed by atoms with van der Waals surface area (Å²) in [5, 5.41) is 3.52. The maximum atomic E-state index is 13.2. The van der Waals surface area contributed by atoms with Crippen molar-refractivity contribution < 1.29 is 13.9 Å². The molecule has 2 heterocycles. The summed E-state index contributed by atoms with van der Waals surface area (Å²) in [4.78, 5) is 17.5. The molecule has 6 heteroatoms. The van der Waals surface area contributed by atoms with Gasteiger partial charge in [-0.25, -0.2) is 4.39 Å². The molecule has 0 atom stereocenters. The van der Waals surface area contributed by atoms with E-state index in [0.717, 1.165) is 10.6 Å². The molecule has 0 spiro atoms. The van der Waals surface area contributed by atoms with E-state index < -0.39 is 0 Å². The number of aryl methyl sites for hydroxylation is 2. The molecule has 3 aromatic rings. The second-order valence-corrected chi connectivity index (χ2v) is 6.68. The largest absolute Gasteiger partial charge is 0.447 e. The van der Waals surface area contributed by atoms with Gasteiger partial charge < -0.3 is 10.1 Å². The molecule has 128 valence electrons. The van der Waals surface area contributed by atoms with Crippen LogP contribution in [0.3, 0.4) is 0 Å². The third-order valence-corrected chi connectivity index (χ3v) is 4.51. The van der Waals surface area contributed by atoms with Crippen molar-refractivity contribution in [2.24, 2.45) is 0 Å². The molecule has 1 aromatic carbocycles. The van der Waals surface area contributed by atoms with Crippen LogP contribution in [0.25, 0.3) is 0 Å². The van der Waals surface area contributed by atoms with Gasteiger partial charge in [0.1, 0.15) is 11.6 Å². The van der Waals surface area contributed by atoms with E-state index in [9.17, 15) is 9.18 Å². The zero-order valence-electron chi connectivity index (χ0n) is 13.9. The lowest BCUT2D eigenvalue weighted by molar-refractivity contribution is 0.0950. The fourth-order valence-corrected chi connectivity index (χ4v) is 3.16. The summed E-state index contributed by atoms with van der Waals surface area (Å²) in [6.45, 7) is 4.10. The number of carbonyl (C=O) groups excluding carboxylic acids is 1. The van der Waals surface area contributed by atoms with Crippen LogP contribution in [0.4, 0.5) is 4.39 Å². The zero-order chi connectivity index (χ0) is 17.8. The zero-order valence-corrected chi connectivity index (χ0v) is 14.7. The van der Waals surface area contributed by atoms with Crippen molar-refractivity contribution in [1.82, 2.24) is 10.3 Å². The average molecular weight is 356 g/mol. The molecule has 4 nitrogen and oxygen atoms in total. The number of nitrogens with one attached hydrogen (secondary N) is 1. The molecule has 0 saturated carbocycles. The van der Waals surface area contributed by atoms with Crippen LogP contribution in [0.15, 0.2) is 48.5 Å². The van der Waals surface area contributed by atoms with Gasteiger partial charge in [0.15, 0.2) is 5.06 Å². The molecule has 25 heavy (non-hydrogen) atoms. The molecule has 1 amide bonds. The van der Waals surface area contributed by atoms with Gasteiger partial charge in [-0.15, -0.1) is 11.3 Å². The van der Waals surface area contributed by atoms with Gasteiger partial charge in [0.2, 0.25) is 0 Å². The summed E-state index contributed by atoms with van der Waals surface area (Å²) in [7, 11) is 0. The van der Waals surface area contributed by atoms with E-state index >= 15 is 0 Å². The van der Waals surface area contributed by atoms with Gasteiger partial charge in [-0.05, 0) is 50.2 Å². The molecule has 1 N–H and O–H groups in total. The fourth-order valence-electron chi connectivity index (χ4n) is 2.34. The van der Waals surface area contributed by atoms with Crippen LogP contribution in [0, 0.1) is 19.7 Å². The molecule has 0 aliphatic heterocycles. The van der Waals surface area contributed by atoms with E-state index in [0.29, 0.717) is 28.6 Å². The van der Waals surface area contributed by atoms with Crippen molar-refractivity contribution in [3.8, 4) is 10.8 Å². The fraction of sp³-hybridized carbons (Fsp3) is 0.158. The molecule has 0 fully saturated rings. The molecule has 2 aromatic heterocycles. The Labute approximate surface area is 149 Å². The maximum absolute atomic E-state index is 13.2. The monoisotopic (exact) mass is 356 g/mol. The minimum atomic E-state index is -0.344. The molecule has 0 saturated heterocycles. The summed E-state index contributed by atoms with van der Waals surface area (Å²) >= 11 is 1.40. The highest BCUT2D eigenvalue weighted by molar-refractivity contribution is 7.13. The number of hydrogen-bond acceptors (Lipinski definition) is 4. The van der Waals surface area contributed by atoms with Crippen LogP contribution >= 0.6 is 11.3 Å². The number of nitrogens with zero attached hydrogens (tertiary/aromatic N) is 1. The second kappa shape index (κ2) is 7.44. The molecule has 0 aliphatic rings. The summed E-state index contributed by atoms with van der Waals surface area (Å²) in [5.41, 5.74) is 2.16. The number of thiophene rings is 1. The number of pyridine rings is 1. The van der Waals surface area contributed by atoms with E-state index in [1.54, 1.807) is 24.3 Å². The Hall–Kier alpha value is -2.73. The summed E-state index contributed by atoms with van der Waals surface area (Å²) in [6.07, 6.45) is 0. The topological polar surface area (TPSA) is 51.2 Å². The Balaban J connectivity index is 1.60. The van der Waals surface area contributed by atoms with Crippen molar-refractivity contribution in [3.63, 3.8) is 0 Å². The Morgan fingerprint density at radius 3 is 2.80 bits per heavy atom. The lowest BCUT2D eigenvalue weighted by Crippen LogP contribution is -2.23. The molecule has 3 rings (SSSR count). The highest BCUT2D eigenvalue weighted by Gasteiger charge is 2.11. The molecular formula is C19H17FN2O2S. The van der Waals surface area contributed by atoms with Crippen molar-refractivity contribution in [3.05, 3.63) is 76.2 Å². The molecular weight excluding hydrogens is 339 g/mol. The highest BCUT2D eigenvalue weighted by atomic mass is 32.1. The Morgan fingerprint density at radius 2 is 2.04 bits per heavy atom. The minimum Gasteiger partial charge on any atom is -0.447 e. The first-order valence-corrected chi connectivity index (χ1v) is 8.57. The third kappa shape index (κ3) is 4.42. The van der Waals surface area contributed by atoms with Gasteiger partial charge in [-0.1, -0.05) is 6.07 Å². The number of carbonyl (C=O) groups is 1. The van der Waals surface area contributed by atoms with Gasteiger partial charge in [0, 0.05) is 16.6 Å². The van der Waals surface area contributed by atoms with E-state index in [1.165, 1.54) is 23.5 Å². The van der Waals surface area contributed by atoms with Gasteiger partial charge in [-0.2, -0.15) is 0 Å². The van der Waals surface area contributed by atoms with Crippen LogP contribution < -0.4 is 10.1 Å². The first-order chi connectivity index (χ1) is 12.0. The van der Waals surface area contributed by atoms with Crippen molar-refractivity contribution in [1.29, 1.82) is 0 Å². The Kier molecular flexibility index (Phi) is 5.09. The quantitative estimate of drug-likeness (QED) is 0.726. The lowest BCUT2D eigenvalue weighted by atomic mass is 10.1. The first kappa shape index (κ1) is 17.1. The smallest absolute Gasteiger partial charge is 0.253 e. The van der Waals surface area contributed by atoms with Crippen LogP contribution in [0.1, 0.15) is 26.6 Å². The summed E-state index contributed by atoms with van der Waals surface area (Å²) in [5.74, 6) is -0.0617. The summed E-state index contributed by atoms with van der Waals surface area (Å²) < 4.78 is 18.8. The van der Waals surface area contributed by atoms with Gasteiger partial charge in [0.05, 0.1) is 17.8 Å². The molecule has 0 bridgehead atoms. The molecule has 0 aliphatic carbocycles. The molecule has 0 unspecified atom stereocenters. The number of halogens is 1. The number of aromatic nitrogens is 1. The van der Waals surface area contributed by atoms with Crippen LogP contribution in [0.2, 0.25) is 0 Å². The SMILES string of the molecule is Cc1ccc(C(=O)NCc2ccc(Oc3cccc(F)c3)s2)c(C)n1. The molecule has 0 radical (unpaired) electrons.